The second-order valence-electron chi connectivity index (χ2n) is 6.76. The first-order valence-corrected chi connectivity index (χ1v) is 8.53. The number of benzene rings is 1. The molecule has 2 bridgehead atoms. The molecule has 5 atom stereocenters. The van der Waals surface area contributed by atoms with Crippen molar-refractivity contribution in [1.29, 1.82) is 0 Å². The van der Waals surface area contributed by atoms with Gasteiger partial charge in [-0.2, -0.15) is 0 Å². The lowest BCUT2D eigenvalue weighted by molar-refractivity contribution is -0.145. The zero-order chi connectivity index (χ0) is 15.6. The van der Waals surface area contributed by atoms with E-state index < -0.39 is 0 Å². The molecule has 3 aliphatic rings. The number of carbonyl (C=O) groups excluding carboxylic acids is 2. The van der Waals surface area contributed by atoms with Crippen LogP contribution in [0.2, 0.25) is 0 Å². The first kappa shape index (κ1) is 14.2. The molecule has 1 aromatic rings. The zero-order valence-corrected chi connectivity index (χ0v) is 14.1. The fourth-order valence-electron chi connectivity index (χ4n) is 4.50. The van der Waals surface area contributed by atoms with Gasteiger partial charge in [-0.1, -0.05) is 15.9 Å². The van der Waals surface area contributed by atoms with Crippen molar-refractivity contribution < 1.29 is 14.3 Å². The molecule has 116 valence electrons. The minimum absolute atomic E-state index is 0.0281. The van der Waals surface area contributed by atoms with Crippen molar-refractivity contribution in [3.05, 3.63) is 27.7 Å². The van der Waals surface area contributed by atoms with E-state index in [0.717, 1.165) is 34.1 Å². The van der Waals surface area contributed by atoms with Crippen molar-refractivity contribution in [3.63, 3.8) is 0 Å². The Hall–Kier alpha value is -1.36. The Morgan fingerprint density at radius 1 is 1.27 bits per heavy atom. The largest absolute Gasteiger partial charge is 0.462 e. The molecular weight excluding hydrogens is 346 g/mol. The zero-order valence-electron chi connectivity index (χ0n) is 12.6. The standard InChI is InChI=1S/C17H18BrNO3/c1-7-8(2)12(4-3-11(7)18)19-16(20)14-9-5-10-13(6-9)22-17(21)15(10)14/h3-4,9-10,13-15H,5-6H2,1-2H3,(H,19,20)/t9-,10-,13+,14-,15-/m1/s1. The number of hydrogen-bond acceptors (Lipinski definition) is 3. The third-order valence-electron chi connectivity index (χ3n) is 5.76. The van der Waals surface area contributed by atoms with E-state index in [4.69, 9.17) is 4.74 Å². The van der Waals surface area contributed by atoms with Crippen LogP contribution in [0, 0.1) is 37.5 Å². The predicted octanol–water partition coefficient (Wildman–Crippen LogP) is 3.20. The smallest absolute Gasteiger partial charge is 0.310 e. The molecule has 0 unspecified atom stereocenters. The Labute approximate surface area is 137 Å². The summed E-state index contributed by atoms with van der Waals surface area (Å²) in [5.41, 5.74) is 3.00. The second-order valence-corrected chi connectivity index (χ2v) is 7.61. The van der Waals surface area contributed by atoms with E-state index in [1.807, 2.05) is 26.0 Å². The number of amides is 1. The maximum Gasteiger partial charge on any atom is 0.310 e. The number of ether oxygens (including phenoxy) is 1. The number of halogens is 1. The van der Waals surface area contributed by atoms with Crippen LogP contribution in [0.1, 0.15) is 24.0 Å². The molecule has 1 N–H and O–H groups in total. The summed E-state index contributed by atoms with van der Waals surface area (Å²) in [5, 5.41) is 3.04. The number of fused-ring (bicyclic) bond motifs is 1. The Morgan fingerprint density at radius 2 is 2.05 bits per heavy atom. The Kier molecular flexibility index (Phi) is 3.12. The third kappa shape index (κ3) is 1.87. The summed E-state index contributed by atoms with van der Waals surface area (Å²) in [7, 11) is 0. The van der Waals surface area contributed by atoms with Crippen LogP contribution in [0.25, 0.3) is 0 Å². The number of anilines is 1. The van der Waals surface area contributed by atoms with Gasteiger partial charge in [-0.3, -0.25) is 9.59 Å². The van der Waals surface area contributed by atoms with Crippen molar-refractivity contribution in [1.82, 2.24) is 0 Å². The van der Waals surface area contributed by atoms with Crippen LogP contribution in [0.15, 0.2) is 16.6 Å². The maximum atomic E-state index is 12.8. The molecule has 1 heterocycles. The summed E-state index contributed by atoms with van der Waals surface area (Å²) in [5.74, 6) is -0.0806. The van der Waals surface area contributed by atoms with Gasteiger partial charge in [0.2, 0.25) is 5.91 Å². The van der Waals surface area contributed by atoms with Crippen molar-refractivity contribution >= 4 is 33.5 Å². The van der Waals surface area contributed by atoms with Crippen LogP contribution in [0.3, 0.4) is 0 Å². The molecule has 4 nitrogen and oxygen atoms in total. The molecule has 2 saturated carbocycles. The number of hydrogen-bond donors (Lipinski definition) is 1. The monoisotopic (exact) mass is 363 g/mol. The SMILES string of the molecule is Cc1c(Br)ccc(NC(=O)[C@@H]2[C@@H]3C[C@H]4[C@H]2C(=O)O[C@H]4C3)c1C. The molecule has 4 rings (SSSR count). The van der Waals surface area contributed by atoms with E-state index in [2.05, 4.69) is 21.2 Å². The lowest BCUT2D eigenvalue weighted by Crippen LogP contribution is -2.36. The molecule has 1 saturated heterocycles. The van der Waals surface area contributed by atoms with E-state index in [1.54, 1.807) is 0 Å². The molecule has 22 heavy (non-hydrogen) atoms. The summed E-state index contributed by atoms with van der Waals surface area (Å²) in [6.45, 7) is 4.02. The van der Waals surface area contributed by atoms with Crippen molar-refractivity contribution in [3.8, 4) is 0 Å². The first-order valence-electron chi connectivity index (χ1n) is 7.74. The molecule has 2 aliphatic carbocycles. The third-order valence-corrected chi connectivity index (χ3v) is 6.62. The fourth-order valence-corrected chi connectivity index (χ4v) is 4.93. The summed E-state index contributed by atoms with van der Waals surface area (Å²) >= 11 is 3.50. The first-order chi connectivity index (χ1) is 10.5. The van der Waals surface area contributed by atoms with Gasteiger partial charge in [-0.05, 0) is 55.9 Å². The van der Waals surface area contributed by atoms with Crippen molar-refractivity contribution in [2.24, 2.45) is 23.7 Å². The van der Waals surface area contributed by atoms with Gasteiger partial charge in [0.15, 0.2) is 0 Å². The van der Waals surface area contributed by atoms with E-state index in [-0.39, 0.29) is 35.7 Å². The second kappa shape index (κ2) is 4.82. The highest BCUT2D eigenvalue weighted by molar-refractivity contribution is 9.10. The van der Waals surface area contributed by atoms with Crippen LogP contribution in [-0.2, 0) is 14.3 Å². The molecule has 5 heteroatoms. The van der Waals surface area contributed by atoms with Crippen LogP contribution < -0.4 is 5.32 Å². The normalized spacial score (nSPS) is 34.9. The summed E-state index contributed by atoms with van der Waals surface area (Å²) in [6, 6.07) is 3.85. The molecule has 0 radical (unpaired) electrons. The quantitative estimate of drug-likeness (QED) is 0.820. The highest BCUT2D eigenvalue weighted by Gasteiger charge is 2.63. The van der Waals surface area contributed by atoms with Gasteiger partial charge in [0.1, 0.15) is 6.10 Å². The van der Waals surface area contributed by atoms with Gasteiger partial charge in [-0.15, -0.1) is 0 Å². The molecule has 1 aliphatic heterocycles. The van der Waals surface area contributed by atoms with Gasteiger partial charge in [0.05, 0.1) is 11.8 Å². The van der Waals surface area contributed by atoms with E-state index in [9.17, 15) is 9.59 Å². The summed E-state index contributed by atoms with van der Waals surface area (Å²) in [4.78, 5) is 24.8. The highest BCUT2D eigenvalue weighted by Crippen LogP contribution is 2.57. The maximum absolute atomic E-state index is 12.8. The van der Waals surface area contributed by atoms with Crippen LogP contribution >= 0.6 is 15.9 Å². The van der Waals surface area contributed by atoms with Crippen molar-refractivity contribution in [2.75, 3.05) is 5.32 Å². The topological polar surface area (TPSA) is 55.4 Å². The highest BCUT2D eigenvalue weighted by atomic mass is 79.9. The molecule has 1 aromatic carbocycles. The van der Waals surface area contributed by atoms with Crippen LogP contribution in [0.5, 0.6) is 0 Å². The number of esters is 1. The van der Waals surface area contributed by atoms with Crippen LogP contribution in [-0.4, -0.2) is 18.0 Å². The minimum Gasteiger partial charge on any atom is -0.462 e. The lowest BCUT2D eigenvalue weighted by atomic mass is 9.79. The van der Waals surface area contributed by atoms with E-state index in [1.165, 1.54) is 0 Å². The number of carbonyl (C=O) groups is 2. The predicted molar refractivity (Wildman–Crippen MR) is 85.3 cm³/mol. The van der Waals surface area contributed by atoms with Crippen LogP contribution in [0.4, 0.5) is 5.69 Å². The molecule has 1 amide bonds. The Bertz CT molecular complexity index is 685. The molecule has 0 aromatic heterocycles. The van der Waals surface area contributed by atoms with Gasteiger partial charge >= 0.3 is 5.97 Å². The average Bonchev–Trinajstić information content (AvgIpc) is 3.09. The fraction of sp³-hybridized carbons (Fsp3) is 0.529. The number of nitrogens with one attached hydrogen (secondary N) is 1. The summed E-state index contributed by atoms with van der Waals surface area (Å²) in [6.07, 6.45) is 1.88. The minimum atomic E-state index is -0.223. The Morgan fingerprint density at radius 3 is 2.82 bits per heavy atom. The van der Waals surface area contributed by atoms with E-state index >= 15 is 0 Å². The molecule has 0 spiro atoms. The van der Waals surface area contributed by atoms with Gasteiger partial charge in [0, 0.05) is 16.1 Å². The van der Waals surface area contributed by atoms with Gasteiger partial charge < -0.3 is 10.1 Å². The Balaban J connectivity index is 1.59. The average molecular weight is 364 g/mol. The number of rotatable bonds is 2. The lowest BCUT2D eigenvalue weighted by Gasteiger charge is -2.24. The van der Waals surface area contributed by atoms with Gasteiger partial charge in [0.25, 0.3) is 0 Å². The summed E-state index contributed by atoms with van der Waals surface area (Å²) < 4.78 is 6.44. The molecular formula is C17H18BrNO3. The van der Waals surface area contributed by atoms with E-state index in [0.29, 0.717) is 5.92 Å². The molecule has 3 fully saturated rings. The van der Waals surface area contributed by atoms with Crippen molar-refractivity contribution in [2.45, 2.75) is 32.8 Å². The van der Waals surface area contributed by atoms with Gasteiger partial charge in [-0.25, -0.2) is 0 Å².